The van der Waals surface area contributed by atoms with Gasteiger partial charge in [-0.1, -0.05) is 12.8 Å². The number of carbonyl (C=O) groups is 2. The lowest BCUT2D eigenvalue weighted by Gasteiger charge is -2.16. The zero-order valence-corrected chi connectivity index (χ0v) is 11.4. The van der Waals surface area contributed by atoms with E-state index in [1.165, 1.54) is 25.3 Å². The Bertz CT molecular complexity index is 498. The fourth-order valence-corrected chi connectivity index (χ4v) is 2.25. The highest BCUT2D eigenvalue weighted by molar-refractivity contribution is 5.89. The number of amides is 1. The molecule has 0 saturated heterocycles. The Labute approximate surface area is 117 Å². The van der Waals surface area contributed by atoms with Crippen LogP contribution in [0.2, 0.25) is 0 Å². The summed E-state index contributed by atoms with van der Waals surface area (Å²) in [4.78, 5) is 23.7. The van der Waals surface area contributed by atoms with Gasteiger partial charge in [0.2, 0.25) is 0 Å². The highest BCUT2D eigenvalue weighted by atomic mass is 16.6. The molecule has 1 aliphatic rings. The van der Waals surface area contributed by atoms with Gasteiger partial charge in [-0.15, -0.1) is 0 Å². The fraction of sp³-hybridized carbons (Fsp3) is 0.500. The number of pyridine rings is 1. The van der Waals surface area contributed by atoms with Crippen molar-refractivity contribution in [3.8, 4) is 0 Å². The van der Waals surface area contributed by atoms with Crippen molar-refractivity contribution >= 4 is 11.9 Å². The molecule has 1 aromatic heterocycles. The average Bonchev–Trinajstić information content (AvgIpc) is 2.91. The summed E-state index contributed by atoms with van der Waals surface area (Å²) >= 11 is 0. The second-order valence-electron chi connectivity index (χ2n) is 4.95. The first-order chi connectivity index (χ1) is 9.58. The minimum atomic E-state index is -0.914. The van der Waals surface area contributed by atoms with E-state index in [1.807, 2.05) is 0 Å². The molecular formula is C14H18N2O4. The van der Waals surface area contributed by atoms with Crippen LogP contribution in [-0.4, -0.2) is 24.0 Å². The van der Waals surface area contributed by atoms with Crippen molar-refractivity contribution in [1.29, 1.82) is 0 Å². The van der Waals surface area contributed by atoms with Gasteiger partial charge in [0.05, 0.1) is 0 Å². The van der Waals surface area contributed by atoms with Crippen molar-refractivity contribution in [1.82, 2.24) is 5.32 Å². The van der Waals surface area contributed by atoms with Gasteiger partial charge in [-0.25, -0.2) is 4.79 Å². The van der Waals surface area contributed by atoms with Crippen molar-refractivity contribution in [3.63, 3.8) is 0 Å². The summed E-state index contributed by atoms with van der Waals surface area (Å²) in [5, 5.41) is 14.3. The molecule has 108 valence electrons. The predicted molar refractivity (Wildman–Crippen MR) is 70.7 cm³/mol. The van der Waals surface area contributed by atoms with Crippen molar-refractivity contribution in [2.75, 3.05) is 0 Å². The van der Waals surface area contributed by atoms with E-state index in [1.54, 1.807) is 6.07 Å². The van der Waals surface area contributed by atoms with Gasteiger partial charge >= 0.3 is 11.7 Å². The van der Waals surface area contributed by atoms with Gasteiger partial charge in [0.15, 0.2) is 12.3 Å². The normalized spacial score (nSPS) is 16.6. The summed E-state index contributed by atoms with van der Waals surface area (Å²) in [6.07, 6.45) is 4.44. The smallest absolute Gasteiger partial charge is 0.405 e. The van der Waals surface area contributed by atoms with Crippen LogP contribution in [0.25, 0.3) is 0 Å². The standard InChI is InChI=1S/C14H18N2O4/c1-10(13(17)15-11-6-2-3-7-11)20-14(18)12-8-4-5-9-16(12)19/h4-5,8-11H,2-3,6-7H2,1H3,(H,15,17)/t10-/m1/s1. The molecule has 1 atom stereocenters. The third kappa shape index (κ3) is 3.46. The molecule has 2 rings (SSSR count). The number of aromatic nitrogens is 1. The van der Waals surface area contributed by atoms with Crippen molar-refractivity contribution in [3.05, 3.63) is 35.3 Å². The van der Waals surface area contributed by atoms with Crippen LogP contribution >= 0.6 is 0 Å². The average molecular weight is 278 g/mol. The minimum Gasteiger partial charge on any atom is -0.618 e. The van der Waals surface area contributed by atoms with E-state index in [0.717, 1.165) is 25.7 Å². The highest BCUT2D eigenvalue weighted by Crippen LogP contribution is 2.17. The Morgan fingerprint density at radius 3 is 2.75 bits per heavy atom. The van der Waals surface area contributed by atoms with Crippen LogP contribution in [0.4, 0.5) is 0 Å². The first-order valence-corrected chi connectivity index (χ1v) is 6.77. The summed E-state index contributed by atoms with van der Waals surface area (Å²) in [5.74, 6) is -1.12. The molecule has 1 heterocycles. The number of nitrogens with one attached hydrogen (secondary N) is 1. The first-order valence-electron chi connectivity index (χ1n) is 6.77. The van der Waals surface area contributed by atoms with Gasteiger partial charge < -0.3 is 15.3 Å². The maximum atomic E-state index is 11.9. The Morgan fingerprint density at radius 2 is 2.10 bits per heavy atom. The van der Waals surface area contributed by atoms with Crippen LogP contribution < -0.4 is 10.0 Å². The number of ether oxygens (including phenoxy) is 1. The lowest BCUT2D eigenvalue weighted by molar-refractivity contribution is -0.608. The summed E-state index contributed by atoms with van der Waals surface area (Å²) in [5.41, 5.74) is -0.131. The van der Waals surface area contributed by atoms with E-state index in [4.69, 9.17) is 4.74 Å². The van der Waals surface area contributed by atoms with Crippen molar-refractivity contribution in [2.45, 2.75) is 44.8 Å². The second kappa shape index (κ2) is 6.36. The maximum Gasteiger partial charge on any atom is 0.405 e. The molecule has 0 unspecified atom stereocenters. The molecule has 1 aromatic rings. The molecule has 1 saturated carbocycles. The molecule has 0 radical (unpaired) electrons. The molecule has 0 aromatic carbocycles. The van der Waals surface area contributed by atoms with E-state index in [9.17, 15) is 14.8 Å². The number of hydrogen-bond donors (Lipinski definition) is 1. The topological polar surface area (TPSA) is 82.3 Å². The van der Waals surface area contributed by atoms with Gasteiger partial charge in [0.25, 0.3) is 5.91 Å². The molecule has 1 N–H and O–H groups in total. The minimum absolute atomic E-state index is 0.131. The van der Waals surface area contributed by atoms with Gasteiger partial charge in [0.1, 0.15) is 0 Å². The van der Waals surface area contributed by atoms with Crippen LogP contribution in [0, 0.1) is 5.21 Å². The molecule has 6 heteroatoms. The number of hydrogen-bond acceptors (Lipinski definition) is 4. The molecule has 0 bridgehead atoms. The molecule has 0 spiro atoms. The van der Waals surface area contributed by atoms with E-state index in [-0.39, 0.29) is 17.6 Å². The number of esters is 1. The number of carbonyl (C=O) groups excluding carboxylic acids is 2. The summed E-state index contributed by atoms with van der Waals surface area (Å²) in [6.45, 7) is 1.50. The van der Waals surface area contributed by atoms with Gasteiger partial charge in [-0.3, -0.25) is 4.79 Å². The quantitative estimate of drug-likeness (QED) is 0.504. The Morgan fingerprint density at radius 1 is 1.40 bits per heavy atom. The van der Waals surface area contributed by atoms with Crippen LogP contribution in [-0.2, 0) is 9.53 Å². The fourth-order valence-electron chi connectivity index (χ4n) is 2.25. The zero-order chi connectivity index (χ0) is 14.5. The molecule has 20 heavy (non-hydrogen) atoms. The molecular weight excluding hydrogens is 260 g/mol. The SMILES string of the molecule is C[C@@H](OC(=O)c1cccc[n+]1[O-])C(=O)NC1CCCC1. The zero-order valence-electron chi connectivity index (χ0n) is 11.4. The second-order valence-corrected chi connectivity index (χ2v) is 4.95. The monoisotopic (exact) mass is 278 g/mol. The molecule has 0 aliphatic heterocycles. The maximum absolute atomic E-state index is 11.9. The molecule has 6 nitrogen and oxygen atoms in total. The van der Waals surface area contributed by atoms with Crippen molar-refractivity contribution in [2.24, 2.45) is 0 Å². The highest BCUT2D eigenvalue weighted by Gasteiger charge is 2.26. The Hall–Kier alpha value is -2.11. The van der Waals surface area contributed by atoms with Gasteiger partial charge in [-0.2, -0.15) is 4.73 Å². The molecule has 1 amide bonds. The molecule has 1 aliphatic carbocycles. The van der Waals surface area contributed by atoms with E-state index < -0.39 is 12.1 Å². The summed E-state index contributed by atoms with van der Waals surface area (Å²) in [7, 11) is 0. The Kier molecular flexibility index (Phi) is 4.55. The molecule has 1 fully saturated rings. The number of nitrogens with zero attached hydrogens (tertiary/aromatic N) is 1. The van der Waals surface area contributed by atoms with Crippen molar-refractivity contribution < 1.29 is 19.1 Å². The summed E-state index contributed by atoms with van der Waals surface area (Å²) in [6, 6.07) is 4.61. The van der Waals surface area contributed by atoms with E-state index in [2.05, 4.69) is 5.32 Å². The third-order valence-electron chi connectivity index (χ3n) is 3.39. The number of rotatable bonds is 4. The van der Waals surface area contributed by atoms with Gasteiger partial charge in [-0.05, 0) is 25.8 Å². The van der Waals surface area contributed by atoms with E-state index >= 15 is 0 Å². The predicted octanol–water partition coefficient (Wildman–Crippen LogP) is 0.924. The summed E-state index contributed by atoms with van der Waals surface area (Å²) < 4.78 is 5.44. The lowest BCUT2D eigenvalue weighted by atomic mass is 10.2. The van der Waals surface area contributed by atoms with Crippen LogP contribution in [0.5, 0.6) is 0 Å². The largest absolute Gasteiger partial charge is 0.618 e. The Balaban J connectivity index is 1.90. The van der Waals surface area contributed by atoms with E-state index in [0.29, 0.717) is 4.73 Å². The lowest BCUT2D eigenvalue weighted by Crippen LogP contribution is -2.42. The van der Waals surface area contributed by atoms with Crippen LogP contribution in [0.1, 0.15) is 43.1 Å². The third-order valence-corrected chi connectivity index (χ3v) is 3.39. The van der Waals surface area contributed by atoms with Crippen LogP contribution in [0.3, 0.4) is 0 Å². The first kappa shape index (κ1) is 14.3. The van der Waals surface area contributed by atoms with Gasteiger partial charge in [0, 0.05) is 18.2 Å². The van der Waals surface area contributed by atoms with Crippen LogP contribution in [0.15, 0.2) is 24.4 Å².